The molecule has 0 amide bonds. The lowest BCUT2D eigenvalue weighted by Gasteiger charge is -2.18. The molecule has 2 N–H and O–H groups in total. The molecule has 1 rings (SSSR count). The van der Waals surface area contributed by atoms with E-state index in [1.165, 1.54) is 0 Å². The van der Waals surface area contributed by atoms with Crippen molar-refractivity contribution in [2.45, 2.75) is 25.0 Å². The molecular formula is C11H11BrF4O3. The van der Waals surface area contributed by atoms with Crippen molar-refractivity contribution in [2.75, 3.05) is 5.33 Å². The van der Waals surface area contributed by atoms with Crippen molar-refractivity contribution < 1.29 is 32.5 Å². The summed E-state index contributed by atoms with van der Waals surface area (Å²) in [6.45, 7) is 0. The van der Waals surface area contributed by atoms with Crippen molar-refractivity contribution in [3.05, 3.63) is 29.6 Å². The average Bonchev–Trinajstić information content (AvgIpc) is 2.26. The number of ether oxygens (including phenoxy) is 1. The molecule has 0 aliphatic carbocycles. The van der Waals surface area contributed by atoms with Crippen LogP contribution in [0.3, 0.4) is 0 Å². The van der Waals surface area contributed by atoms with Gasteiger partial charge < -0.3 is 14.9 Å². The Balaban J connectivity index is 2.88. The topological polar surface area (TPSA) is 49.7 Å². The second kappa shape index (κ2) is 6.53. The van der Waals surface area contributed by atoms with Crippen LogP contribution in [0.2, 0.25) is 0 Å². The van der Waals surface area contributed by atoms with Gasteiger partial charge >= 0.3 is 6.36 Å². The predicted molar refractivity (Wildman–Crippen MR) is 62.5 cm³/mol. The smallest absolute Gasteiger partial charge is 0.406 e. The zero-order valence-electron chi connectivity index (χ0n) is 9.49. The summed E-state index contributed by atoms with van der Waals surface area (Å²) in [6.07, 6.45) is -7.48. The van der Waals surface area contributed by atoms with Gasteiger partial charge in [-0.25, -0.2) is 4.39 Å². The van der Waals surface area contributed by atoms with Gasteiger partial charge in [-0.2, -0.15) is 0 Å². The van der Waals surface area contributed by atoms with Gasteiger partial charge in [-0.3, -0.25) is 0 Å². The standard InChI is InChI=1S/C11H11BrF4O3/c12-4-3-9(17)10(18)7-2-1-6(5-8(7)13)19-11(14,15)16/h1-2,5,9-10,17-18H,3-4H2. The van der Waals surface area contributed by atoms with Crippen molar-refractivity contribution in [2.24, 2.45) is 0 Å². The maximum atomic E-state index is 13.5. The molecule has 0 heterocycles. The number of halogens is 5. The van der Waals surface area contributed by atoms with Crippen LogP contribution in [0.5, 0.6) is 5.75 Å². The van der Waals surface area contributed by atoms with Crippen molar-refractivity contribution in [3.8, 4) is 5.75 Å². The van der Waals surface area contributed by atoms with E-state index in [4.69, 9.17) is 0 Å². The SMILES string of the molecule is OC(CCBr)C(O)c1ccc(OC(F)(F)F)cc1F. The van der Waals surface area contributed by atoms with E-state index in [2.05, 4.69) is 20.7 Å². The molecule has 0 aromatic heterocycles. The molecule has 2 unspecified atom stereocenters. The Labute approximate surface area is 114 Å². The molecular weight excluding hydrogens is 336 g/mol. The fourth-order valence-corrected chi connectivity index (χ4v) is 1.89. The summed E-state index contributed by atoms with van der Waals surface area (Å²) in [6, 6.07) is 2.32. The van der Waals surface area contributed by atoms with E-state index in [1.807, 2.05) is 0 Å². The minimum atomic E-state index is -4.91. The molecule has 0 saturated heterocycles. The monoisotopic (exact) mass is 346 g/mol. The number of aliphatic hydroxyl groups is 2. The van der Waals surface area contributed by atoms with E-state index in [0.717, 1.165) is 12.1 Å². The molecule has 19 heavy (non-hydrogen) atoms. The second-order valence-corrected chi connectivity index (χ2v) is 4.51. The van der Waals surface area contributed by atoms with Gasteiger partial charge in [-0.15, -0.1) is 13.2 Å². The van der Waals surface area contributed by atoms with E-state index in [0.29, 0.717) is 11.4 Å². The van der Waals surface area contributed by atoms with E-state index in [-0.39, 0.29) is 12.0 Å². The molecule has 108 valence electrons. The fourth-order valence-electron chi connectivity index (χ4n) is 1.42. The molecule has 2 atom stereocenters. The molecule has 8 heteroatoms. The number of alkyl halides is 4. The molecule has 0 bridgehead atoms. The second-order valence-electron chi connectivity index (χ2n) is 3.72. The summed E-state index contributed by atoms with van der Waals surface area (Å²) >= 11 is 3.04. The molecule has 3 nitrogen and oxygen atoms in total. The van der Waals surface area contributed by atoms with E-state index in [1.54, 1.807) is 0 Å². The normalized spacial score (nSPS) is 15.1. The van der Waals surface area contributed by atoms with Crippen LogP contribution in [0, 0.1) is 5.82 Å². The lowest BCUT2D eigenvalue weighted by molar-refractivity contribution is -0.274. The van der Waals surface area contributed by atoms with Crippen LogP contribution in [0.4, 0.5) is 17.6 Å². The first-order chi connectivity index (χ1) is 8.74. The van der Waals surface area contributed by atoms with Crippen LogP contribution in [-0.4, -0.2) is 28.0 Å². The van der Waals surface area contributed by atoms with Crippen LogP contribution in [0.15, 0.2) is 18.2 Å². The average molecular weight is 347 g/mol. The third-order valence-electron chi connectivity index (χ3n) is 2.29. The summed E-state index contributed by atoms with van der Waals surface area (Å²) in [7, 11) is 0. The first-order valence-corrected chi connectivity index (χ1v) is 6.34. The summed E-state index contributed by atoms with van der Waals surface area (Å²) < 4.78 is 52.8. The van der Waals surface area contributed by atoms with Gasteiger partial charge in [-0.05, 0) is 18.6 Å². The lowest BCUT2D eigenvalue weighted by Crippen LogP contribution is -2.20. The van der Waals surface area contributed by atoms with Crippen LogP contribution >= 0.6 is 15.9 Å². The highest BCUT2D eigenvalue weighted by Gasteiger charge is 2.31. The quantitative estimate of drug-likeness (QED) is 0.636. The van der Waals surface area contributed by atoms with Gasteiger partial charge in [-0.1, -0.05) is 15.9 Å². The van der Waals surface area contributed by atoms with Crippen molar-refractivity contribution >= 4 is 15.9 Å². The third kappa shape index (κ3) is 4.96. The fraction of sp³-hybridized carbons (Fsp3) is 0.455. The van der Waals surface area contributed by atoms with Gasteiger partial charge in [0.1, 0.15) is 17.7 Å². The molecule has 0 aliphatic heterocycles. The van der Waals surface area contributed by atoms with Crippen molar-refractivity contribution in [1.29, 1.82) is 0 Å². The number of hydrogen-bond donors (Lipinski definition) is 2. The third-order valence-corrected chi connectivity index (χ3v) is 2.75. The number of rotatable bonds is 5. The number of hydrogen-bond acceptors (Lipinski definition) is 3. The van der Waals surface area contributed by atoms with Crippen LogP contribution in [0.1, 0.15) is 18.1 Å². The Morgan fingerprint density at radius 1 is 1.26 bits per heavy atom. The highest BCUT2D eigenvalue weighted by molar-refractivity contribution is 9.09. The Morgan fingerprint density at radius 3 is 2.37 bits per heavy atom. The Bertz CT molecular complexity index is 425. The minimum Gasteiger partial charge on any atom is -0.406 e. The van der Waals surface area contributed by atoms with E-state index < -0.39 is 30.1 Å². The Kier molecular flexibility index (Phi) is 5.57. The van der Waals surface area contributed by atoms with Gasteiger partial charge in [0.25, 0.3) is 0 Å². The van der Waals surface area contributed by atoms with E-state index >= 15 is 0 Å². The molecule has 1 aromatic rings. The summed E-state index contributed by atoms with van der Waals surface area (Å²) in [5, 5.41) is 19.5. The predicted octanol–water partition coefficient (Wildman–Crippen LogP) is 2.90. The first kappa shape index (κ1) is 16.2. The zero-order chi connectivity index (χ0) is 14.6. The van der Waals surface area contributed by atoms with Crippen LogP contribution in [-0.2, 0) is 0 Å². The van der Waals surface area contributed by atoms with Gasteiger partial charge in [0, 0.05) is 17.0 Å². The van der Waals surface area contributed by atoms with Crippen molar-refractivity contribution in [3.63, 3.8) is 0 Å². The van der Waals surface area contributed by atoms with Crippen LogP contribution < -0.4 is 4.74 Å². The first-order valence-electron chi connectivity index (χ1n) is 5.22. The summed E-state index contributed by atoms with van der Waals surface area (Å²) in [5.74, 6) is -1.81. The maximum absolute atomic E-state index is 13.5. The van der Waals surface area contributed by atoms with Gasteiger partial charge in [0.05, 0.1) is 6.10 Å². The highest BCUT2D eigenvalue weighted by Crippen LogP contribution is 2.28. The number of benzene rings is 1. The molecule has 1 aromatic carbocycles. The molecule has 0 aliphatic rings. The molecule has 0 spiro atoms. The maximum Gasteiger partial charge on any atom is 0.573 e. The Hall–Kier alpha value is -0.860. The molecule has 0 saturated carbocycles. The molecule has 0 radical (unpaired) electrons. The summed E-state index contributed by atoms with van der Waals surface area (Å²) in [5.41, 5.74) is -0.289. The van der Waals surface area contributed by atoms with Gasteiger partial charge in [0.15, 0.2) is 0 Å². The van der Waals surface area contributed by atoms with E-state index in [9.17, 15) is 27.8 Å². The zero-order valence-corrected chi connectivity index (χ0v) is 11.1. The van der Waals surface area contributed by atoms with Gasteiger partial charge in [0.2, 0.25) is 0 Å². The Morgan fingerprint density at radius 2 is 1.89 bits per heavy atom. The lowest BCUT2D eigenvalue weighted by atomic mass is 10.0. The number of aliphatic hydroxyl groups excluding tert-OH is 2. The minimum absolute atomic E-state index is 0.168. The van der Waals surface area contributed by atoms with Crippen LogP contribution in [0.25, 0.3) is 0 Å². The highest BCUT2D eigenvalue weighted by atomic mass is 79.9. The molecule has 0 fully saturated rings. The largest absolute Gasteiger partial charge is 0.573 e. The van der Waals surface area contributed by atoms with Crippen molar-refractivity contribution in [1.82, 2.24) is 0 Å². The summed E-state index contributed by atoms with van der Waals surface area (Å²) in [4.78, 5) is 0.